The van der Waals surface area contributed by atoms with E-state index in [2.05, 4.69) is 22.6 Å². The summed E-state index contributed by atoms with van der Waals surface area (Å²) in [7, 11) is 0. The number of carbonyl (C=O) groups excluding carboxylic acids is 1. The molecule has 7 heteroatoms. The number of aliphatic carboxylic acids is 1. The molecule has 1 saturated heterocycles. The van der Waals surface area contributed by atoms with Crippen molar-refractivity contribution in [3.05, 3.63) is 32.4 Å². The summed E-state index contributed by atoms with van der Waals surface area (Å²) >= 11 is 7.99. The minimum atomic E-state index is -0.945. The summed E-state index contributed by atoms with van der Waals surface area (Å²) in [5.74, 6) is -1.15. The monoisotopic (exact) mass is 409 g/mol. The smallest absolute Gasteiger partial charge is 0.305 e. The second kappa shape index (κ2) is 6.73. The first-order chi connectivity index (χ1) is 9.49. The Hall–Kier alpha value is -0.860. The van der Waals surface area contributed by atoms with Gasteiger partial charge in [0.2, 0.25) is 0 Å². The van der Waals surface area contributed by atoms with Crippen LogP contribution in [-0.4, -0.2) is 47.7 Å². The van der Waals surface area contributed by atoms with E-state index < -0.39 is 12.0 Å². The van der Waals surface area contributed by atoms with Crippen LogP contribution in [0.2, 0.25) is 5.02 Å². The molecule has 0 radical (unpaired) electrons. The lowest BCUT2D eigenvalue weighted by atomic mass is 10.1. The maximum absolute atomic E-state index is 12.6. The topological polar surface area (TPSA) is 66.8 Å². The Morgan fingerprint density at radius 2 is 2.25 bits per heavy atom. The van der Waals surface area contributed by atoms with E-state index in [1.165, 1.54) is 0 Å². The molecule has 1 heterocycles. The summed E-state index contributed by atoms with van der Waals surface area (Å²) in [6.45, 7) is 1.05. The van der Waals surface area contributed by atoms with Gasteiger partial charge in [-0.25, -0.2) is 0 Å². The second-order valence-electron chi connectivity index (χ2n) is 4.45. The van der Waals surface area contributed by atoms with Gasteiger partial charge in [-0.2, -0.15) is 0 Å². The predicted molar refractivity (Wildman–Crippen MR) is 82.1 cm³/mol. The number of halogens is 2. The number of hydrogen-bond acceptors (Lipinski definition) is 3. The number of ether oxygens (including phenoxy) is 1. The molecule has 1 fully saturated rings. The molecular formula is C13H13ClINO4. The zero-order chi connectivity index (χ0) is 14.7. The van der Waals surface area contributed by atoms with Crippen LogP contribution in [0.4, 0.5) is 0 Å². The summed E-state index contributed by atoms with van der Waals surface area (Å²) in [4.78, 5) is 25.0. The van der Waals surface area contributed by atoms with Gasteiger partial charge in [0, 0.05) is 15.1 Å². The Morgan fingerprint density at radius 1 is 1.50 bits per heavy atom. The van der Waals surface area contributed by atoms with Gasteiger partial charge >= 0.3 is 5.97 Å². The fourth-order valence-electron chi connectivity index (χ4n) is 2.11. The highest BCUT2D eigenvalue weighted by Gasteiger charge is 2.30. The van der Waals surface area contributed by atoms with Crippen molar-refractivity contribution >= 4 is 46.1 Å². The average Bonchev–Trinajstić information content (AvgIpc) is 2.41. The van der Waals surface area contributed by atoms with Gasteiger partial charge in [-0.3, -0.25) is 9.59 Å². The summed E-state index contributed by atoms with van der Waals surface area (Å²) in [6.07, 6.45) is -0.122. The molecule has 0 aromatic heterocycles. The molecule has 0 bridgehead atoms. The Balaban J connectivity index is 2.25. The van der Waals surface area contributed by atoms with Crippen LogP contribution in [-0.2, 0) is 9.53 Å². The molecule has 20 heavy (non-hydrogen) atoms. The zero-order valence-electron chi connectivity index (χ0n) is 10.5. The van der Waals surface area contributed by atoms with Crippen LogP contribution in [0.3, 0.4) is 0 Å². The first kappa shape index (κ1) is 15.5. The molecule has 1 aliphatic heterocycles. The fourth-order valence-corrected chi connectivity index (χ4v) is 2.85. The van der Waals surface area contributed by atoms with Gasteiger partial charge in [0.05, 0.1) is 31.2 Å². The Labute approximate surface area is 135 Å². The van der Waals surface area contributed by atoms with Crippen LogP contribution in [0.1, 0.15) is 16.8 Å². The lowest BCUT2D eigenvalue weighted by Crippen LogP contribution is -2.49. The molecule has 1 aliphatic rings. The molecule has 1 N–H and O–H groups in total. The zero-order valence-corrected chi connectivity index (χ0v) is 13.4. The van der Waals surface area contributed by atoms with Crippen molar-refractivity contribution in [2.45, 2.75) is 12.5 Å². The number of rotatable bonds is 3. The van der Waals surface area contributed by atoms with Gasteiger partial charge in [-0.15, -0.1) is 0 Å². The number of amides is 1. The van der Waals surface area contributed by atoms with E-state index in [-0.39, 0.29) is 18.9 Å². The number of carboxylic acid groups (broad SMARTS) is 1. The summed E-state index contributed by atoms with van der Waals surface area (Å²) in [5.41, 5.74) is 0.496. The highest BCUT2D eigenvalue weighted by atomic mass is 127. The van der Waals surface area contributed by atoms with E-state index in [1.54, 1.807) is 23.1 Å². The SMILES string of the molecule is O=C(O)CC1COCCN1C(=O)c1cc(Cl)ccc1I. The van der Waals surface area contributed by atoms with Crippen molar-refractivity contribution in [2.75, 3.05) is 19.8 Å². The number of hydrogen-bond donors (Lipinski definition) is 1. The first-order valence-electron chi connectivity index (χ1n) is 6.04. The third-order valence-corrected chi connectivity index (χ3v) is 4.23. The van der Waals surface area contributed by atoms with Crippen molar-refractivity contribution in [2.24, 2.45) is 0 Å². The third kappa shape index (κ3) is 3.62. The van der Waals surface area contributed by atoms with Crippen LogP contribution < -0.4 is 0 Å². The third-order valence-electron chi connectivity index (χ3n) is 3.06. The highest BCUT2D eigenvalue weighted by molar-refractivity contribution is 14.1. The van der Waals surface area contributed by atoms with Crippen molar-refractivity contribution in [3.63, 3.8) is 0 Å². The fraction of sp³-hybridized carbons (Fsp3) is 0.385. The minimum absolute atomic E-state index is 0.122. The normalized spacial score (nSPS) is 18.9. The Bertz CT molecular complexity index is 537. The maximum atomic E-state index is 12.6. The van der Waals surface area contributed by atoms with Gasteiger partial charge in [0.1, 0.15) is 0 Å². The quantitative estimate of drug-likeness (QED) is 0.778. The van der Waals surface area contributed by atoms with E-state index in [1.807, 2.05) is 0 Å². The molecule has 1 unspecified atom stereocenters. The first-order valence-corrected chi connectivity index (χ1v) is 7.50. The van der Waals surface area contributed by atoms with Crippen LogP contribution in [0, 0.1) is 3.57 Å². The summed E-state index contributed by atoms with van der Waals surface area (Å²) in [6, 6.07) is 4.65. The van der Waals surface area contributed by atoms with Gasteiger partial charge in [-0.05, 0) is 40.8 Å². The van der Waals surface area contributed by atoms with Crippen molar-refractivity contribution in [1.29, 1.82) is 0 Å². The van der Waals surface area contributed by atoms with Crippen molar-refractivity contribution in [3.8, 4) is 0 Å². The molecule has 0 aliphatic carbocycles. The van der Waals surface area contributed by atoms with Gasteiger partial charge < -0.3 is 14.7 Å². The van der Waals surface area contributed by atoms with E-state index in [0.717, 1.165) is 3.57 Å². The summed E-state index contributed by atoms with van der Waals surface area (Å²) < 4.78 is 6.06. The predicted octanol–water partition coefficient (Wildman–Crippen LogP) is 2.26. The largest absolute Gasteiger partial charge is 0.481 e. The Morgan fingerprint density at radius 3 is 2.95 bits per heavy atom. The molecule has 0 saturated carbocycles. The number of morpholine rings is 1. The number of nitrogens with zero attached hydrogens (tertiary/aromatic N) is 1. The molecule has 2 rings (SSSR count). The van der Waals surface area contributed by atoms with E-state index in [4.69, 9.17) is 21.4 Å². The summed E-state index contributed by atoms with van der Waals surface area (Å²) in [5, 5.41) is 9.40. The molecule has 1 amide bonds. The molecule has 5 nitrogen and oxygen atoms in total. The maximum Gasteiger partial charge on any atom is 0.305 e. The molecule has 1 atom stereocenters. The molecule has 1 aromatic carbocycles. The van der Waals surface area contributed by atoms with Crippen LogP contribution in [0.15, 0.2) is 18.2 Å². The van der Waals surface area contributed by atoms with Crippen LogP contribution >= 0.6 is 34.2 Å². The lowest BCUT2D eigenvalue weighted by molar-refractivity contribution is -0.139. The van der Waals surface area contributed by atoms with E-state index in [9.17, 15) is 9.59 Å². The van der Waals surface area contributed by atoms with Crippen LogP contribution in [0.25, 0.3) is 0 Å². The van der Waals surface area contributed by atoms with Crippen molar-refractivity contribution < 1.29 is 19.4 Å². The van der Waals surface area contributed by atoms with Crippen molar-refractivity contribution in [1.82, 2.24) is 4.90 Å². The standard InChI is InChI=1S/C13H13ClINO4/c14-8-1-2-11(15)10(5-8)13(19)16-3-4-20-7-9(16)6-12(17)18/h1-2,5,9H,3-4,6-7H2,(H,17,18). The number of benzene rings is 1. The molecular weight excluding hydrogens is 397 g/mol. The Kier molecular flexibility index (Phi) is 5.22. The molecule has 0 spiro atoms. The second-order valence-corrected chi connectivity index (χ2v) is 6.05. The molecule has 108 valence electrons. The van der Waals surface area contributed by atoms with Gasteiger partial charge in [0.15, 0.2) is 0 Å². The average molecular weight is 410 g/mol. The highest BCUT2D eigenvalue weighted by Crippen LogP contribution is 2.22. The van der Waals surface area contributed by atoms with Gasteiger partial charge in [0.25, 0.3) is 5.91 Å². The molecule has 1 aromatic rings. The minimum Gasteiger partial charge on any atom is -0.481 e. The van der Waals surface area contributed by atoms with Crippen LogP contribution in [0.5, 0.6) is 0 Å². The van der Waals surface area contributed by atoms with E-state index >= 15 is 0 Å². The van der Waals surface area contributed by atoms with E-state index in [0.29, 0.717) is 23.7 Å². The number of carboxylic acids is 1. The lowest BCUT2D eigenvalue weighted by Gasteiger charge is -2.35. The number of carbonyl (C=O) groups is 2. The van der Waals surface area contributed by atoms with Gasteiger partial charge in [-0.1, -0.05) is 11.6 Å².